The highest BCUT2D eigenvalue weighted by molar-refractivity contribution is 6.04. The molecule has 0 aromatic heterocycles. The van der Waals surface area contributed by atoms with Gasteiger partial charge < -0.3 is 10.1 Å². The van der Waals surface area contributed by atoms with Crippen LogP contribution in [0.5, 0.6) is 5.75 Å². The largest absolute Gasteiger partial charge is 0.427 e. The maximum absolute atomic E-state index is 12.7. The zero-order valence-corrected chi connectivity index (χ0v) is 12.7. The number of rotatable bonds is 4. The van der Waals surface area contributed by atoms with Gasteiger partial charge >= 0.3 is 12.1 Å². The van der Waals surface area contributed by atoms with Crippen molar-refractivity contribution in [2.24, 2.45) is 0 Å². The van der Waals surface area contributed by atoms with Gasteiger partial charge in [0.15, 0.2) is 0 Å². The Hall–Kier alpha value is -2.83. The fourth-order valence-corrected chi connectivity index (χ4v) is 1.85. The topological polar surface area (TPSA) is 55.4 Å². The zero-order valence-electron chi connectivity index (χ0n) is 12.7. The fraction of sp³-hybridized carbons (Fsp3) is 0.176. The van der Waals surface area contributed by atoms with Gasteiger partial charge in [0.1, 0.15) is 5.75 Å². The molecular weight excluding hydrogens is 323 g/mol. The minimum Gasteiger partial charge on any atom is -0.427 e. The lowest BCUT2D eigenvalue weighted by Crippen LogP contribution is -2.13. The quantitative estimate of drug-likeness (QED) is 0.669. The molecule has 2 aromatic carbocycles. The second-order valence-corrected chi connectivity index (χ2v) is 4.88. The molecule has 7 heteroatoms. The average molecular weight is 337 g/mol. The predicted molar refractivity (Wildman–Crippen MR) is 81.8 cm³/mol. The highest BCUT2D eigenvalue weighted by atomic mass is 19.4. The Bertz CT molecular complexity index is 739. The number of anilines is 1. The third-order valence-electron chi connectivity index (χ3n) is 3.08. The summed E-state index contributed by atoms with van der Waals surface area (Å²) < 4.78 is 42.9. The molecule has 126 valence electrons. The number of carbonyl (C=O) groups excluding carboxylic acids is 2. The summed E-state index contributed by atoms with van der Waals surface area (Å²) in [6, 6.07) is 10.1. The van der Waals surface area contributed by atoms with Crippen LogP contribution in [0.2, 0.25) is 0 Å². The number of benzene rings is 2. The molecule has 2 aromatic rings. The van der Waals surface area contributed by atoms with Crippen molar-refractivity contribution in [3.05, 3.63) is 59.7 Å². The second-order valence-electron chi connectivity index (χ2n) is 4.88. The Labute approximate surface area is 136 Å². The summed E-state index contributed by atoms with van der Waals surface area (Å²) >= 11 is 0. The molecule has 4 nitrogen and oxygen atoms in total. The summed E-state index contributed by atoms with van der Waals surface area (Å²) in [7, 11) is 0. The lowest BCUT2D eigenvalue weighted by molar-refractivity contribution is -0.137. The van der Waals surface area contributed by atoms with Gasteiger partial charge in [-0.3, -0.25) is 9.59 Å². The van der Waals surface area contributed by atoms with Crippen molar-refractivity contribution in [3.8, 4) is 5.75 Å². The number of halogens is 3. The molecule has 0 atom stereocenters. The molecule has 0 aliphatic rings. The molecule has 0 radical (unpaired) electrons. The van der Waals surface area contributed by atoms with E-state index in [2.05, 4.69) is 5.32 Å². The molecule has 2 rings (SSSR count). The molecule has 24 heavy (non-hydrogen) atoms. The van der Waals surface area contributed by atoms with Gasteiger partial charge in [0.2, 0.25) is 0 Å². The van der Waals surface area contributed by atoms with Crippen molar-refractivity contribution in [2.45, 2.75) is 19.5 Å². The Kier molecular flexibility index (Phi) is 5.23. The van der Waals surface area contributed by atoms with Crippen molar-refractivity contribution in [3.63, 3.8) is 0 Å². The molecule has 0 saturated heterocycles. The number of hydrogen-bond acceptors (Lipinski definition) is 3. The van der Waals surface area contributed by atoms with Crippen LogP contribution < -0.4 is 10.1 Å². The third-order valence-corrected chi connectivity index (χ3v) is 3.08. The lowest BCUT2D eigenvalue weighted by atomic mass is 10.1. The number of esters is 1. The van der Waals surface area contributed by atoms with Crippen LogP contribution in [-0.4, -0.2) is 11.9 Å². The van der Waals surface area contributed by atoms with E-state index in [4.69, 9.17) is 4.74 Å². The minimum absolute atomic E-state index is 0.0383. The van der Waals surface area contributed by atoms with Crippen LogP contribution in [0.15, 0.2) is 48.5 Å². The number of amides is 1. The van der Waals surface area contributed by atoms with E-state index in [-0.39, 0.29) is 23.4 Å². The van der Waals surface area contributed by atoms with Gasteiger partial charge in [-0.25, -0.2) is 0 Å². The third kappa shape index (κ3) is 4.58. The van der Waals surface area contributed by atoms with Gasteiger partial charge in [0.05, 0.1) is 5.56 Å². The Morgan fingerprint density at radius 2 is 1.75 bits per heavy atom. The van der Waals surface area contributed by atoms with E-state index in [0.717, 1.165) is 12.1 Å². The smallest absolute Gasteiger partial charge is 0.416 e. The first-order valence-corrected chi connectivity index (χ1v) is 7.09. The van der Waals surface area contributed by atoms with E-state index in [1.54, 1.807) is 6.92 Å². The Balaban J connectivity index is 2.08. The molecule has 0 aliphatic heterocycles. The summed E-state index contributed by atoms with van der Waals surface area (Å²) in [5.74, 6) is -0.684. The minimum atomic E-state index is -4.48. The van der Waals surface area contributed by atoms with Gasteiger partial charge in [-0.05, 0) is 42.5 Å². The first kappa shape index (κ1) is 17.5. The van der Waals surface area contributed by atoms with E-state index in [0.29, 0.717) is 0 Å². The summed E-state index contributed by atoms with van der Waals surface area (Å²) in [6.07, 6.45) is -4.26. The second kappa shape index (κ2) is 7.16. The monoisotopic (exact) mass is 337 g/mol. The van der Waals surface area contributed by atoms with Crippen LogP contribution in [0.3, 0.4) is 0 Å². The molecule has 0 bridgehead atoms. The SMILES string of the molecule is CCC(=O)Oc1ccc(C(=O)Nc2cccc(C(F)(F)F)c2)cc1. The summed E-state index contributed by atoms with van der Waals surface area (Å²) in [5, 5.41) is 2.40. The van der Waals surface area contributed by atoms with Crippen molar-refractivity contribution >= 4 is 17.6 Å². The van der Waals surface area contributed by atoms with Crippen LogP contribution in [0.1, 0.15) is 29.3 Å². The van der Waals surface area contributed by atoms with Gasteiger partial charge in [-0.1, -0.05) is 13.0 Å². The van der Waals surface area contributed by atoms with E-state index < -0.39 is 23.6 Å². The van der Waals surface area contributed by atoms with E-state index in [9.17, 15) is 22.8 Å². The van der Waals surface area contributed by atoms with E-state index in [1.807, 2.05) is 0 Å². The molecule has 1 N–H and O–H groups in total. The Morgan fingerprint density at radius 3 is 2.33 bits per heavy atom. The molecular formula is C17H14F3NO3. The van der Waals surface area contributed by atoms with E-state index >= 15 is 0 Å². The van der Waals surface area contributed by atoms with Crippen molar-refractivity contribution in [2.75, 3.05) is 5.32 Å². The highest BCUT2D eigenvalue weighted by Gasteiger charge is 2.30. The zero-order chi connectivity index (χ0) is 17.7. The normalized spacial score (nSPS) is 11.0. The first-order chi connectivity index (χ1) is 11.3. The van der Waals surface area contributed by atoms with Crippen molar-refractivity contribution in [1.82, 2.24) is 0 Å². The van der Waals surface area contributed by atoms with Crippen LogP contribution in [-0.2, 0) is 11.0 Å². The van der Waals surface area contributed by atoms with Crippen LogP contribution >= 0.6 is 0 Å². The molecule has 0 aliphatic carbocycles. The highest BCUT2D eigenvalue weighted by Crippen LogP contribution is 2.30. The molecule has 1 amide bonds. The van der Waals surface area contributed by atoms with Gasteiger partial charge in [-0.15, -0.1) is 0 Å². The van der Waals surface area contributed by atoms with E-state index in [1.165, 1.54) is 36.4 Å². The van der Waals surface area contributed by atoms with Crippen molar-refractivity contribution in [1.29, 1.82) is 0 Å². The van der Waals surface area contributed by atoms with Crippen LogP contribution in [0.4, 0.5) is 18.9 Å². The molecule has 0 heterocycles. The van der Waals surface area contributed by atoms with Gasteiger partial charge in [-0.2, -0.15) is 13.2 Å². The molecule has 0 spiro atoms. The predicted octanol–water partition coefficient (Wildman–Crippen LogP) is 4.27. The van der Waals surface area contributed by atoms with Crippen LogP contribution in [0, 0.1) is 0 Å². The Morgan fingerprint density at radius 1 is 1.08 bits per heavy atom. The number of hydrogen-bond donors (Lipinski definition) is 1. The lowest BCUT2D eigenvalue weighted by Gasteiger charge is -2.10. The standard InChI is InChI=1S/C17H14F3NO3/c1-2-15(22)24-14-8-6-11(7-9-14)16(23)21-13-5-3-4-12(10-13)17(18,19)20/h3-10H,2H2,1H3,(H,21,23). The average Bonchev–Trinajstić information content (AvgIpc) is 2.54. The van der Waals surface area contributed by atoms with Crippen molar-refractivity contribution < 1.29 is 27.5 Å². The van der Waals surface area contributed by atoms with Gasteiger partial charge in [0, 0.05) is 17.7 Å². The summed E-state index contributed by atoms with van der Waals surface area (Å²) in [5.41, 5.74) is -0.581. The van der Waals surface area contributed by atoms with Gasteiger partial charge in [0.25, 0.3) is 5.91 Å². The number of alkyl halides is 3. The summed E-state index contributed by atoms with van der Waals surface area (Å²) in [6.45, 7) is 1.65. The summed E-state index contributed by atoms with van der Waals surface area (Å²) in [4.78, 5) is 23.2. The molecule has 0 saturated carbocycles. The molecule has 0 fully saturated rings. The van der Waals surface area contributed by atoms with Crippen LogP contribution in [0.25, 0.3) is 0 Å². The number of nitrogens with one attached hydrogen (secondary N) is 1. The number of carbonyl (C=O) groups is 2. The number of ether oxygens (including phenoxy) is 1. The first-order valence-electron chi connectivity index (χ1n) is 7.09. The fourth-order valence-electron chi connectivity index (χ4n) is 1.85. The maximum atomic E-state index is 12.7. The maximum Gasteiger partial charge on any atom is 0.416 e. The molecule has 0 unspecified atom stereocenters.